The Morgan fingerprint density at radius 2 is 1.89 bits per heavy atom. The first-order chi connectivity index (χ1) is 13.4. The highest BCUT2D eigenvalue weighted by Crippen LogP contribution is 2.39. The molecule has 0 spiro atoms. The number of carbonyl (C=O) groups excluding carboxylic acids is 1. The van der Waals surface area contributed by atoms with E-state index in [9.17, 15) is 13.6 Å². The first kappa shape index (κ1) is 17.7. The molecule has 1 amide bonds. The number of benzene rings is 2. The lowest BCUT2D eigenvalue weighted by Gasteiger charge is -2.12. The molecule has 7 nitrogen and oxygen atoms in total. The number of amides is 1. The minimum atomic E-state index is -0.740. The largest absolute Gasteiger partial charge is 0.414 e. The van der Waals surface area contributed by atoms with Crippen LogP contribution in [0, 0.1) is 11.6 Å². The Labute approximate surface area is 158 Å². The molecule has 9 heteroatoms. The van der Waals surface area contributed by atoms with Crippen molar-refractivity contribution in [2.24, 2.45) is 4.99 Å². The van der Waals surface area contributed by atoms with E-state index in [0.717, 1.165) is 12.1 Å². The van der Waals surface area contributed by atoms with Gasteiger partial charge in [0.25, 0.3) is 0 Å². The molecule has 1 aromatic heterocycles. The molecule has 142 valence electrons. The van der Waals surface area contributed by atoms with Crippen molar-refractivity contribution in [3.05, 3.63) is 59.8 Å². The quantitative estimate of drug-likeness (QED) is 0.703. The number of carbonyl (C=O) groups is 1. The Kier molecular flexibility index (Phi) is 4.26. The summed E-state index contributed by atoms with van der Waals surface area (Å²) in [7, 11) is 3.14. The fourth-order valence-electron chi connectivity index (χ4n) is 2.77. The molecule has 28 heavy (non-hydrogen) atoms. The Morgan fingerprint density at radius 3 is 2.61 bits per heavy atom. The summed E-state index contributed by atoms with van der Waals surface area (Å²) in [5.74, 6) is -1.17. The number of nitrogens with one attached hydrogen (secondary N) is 2. The highest BCUT2D eigenvalue weighted by Gasteiger charge is 2.23. The van der Waals surface area contributed by atoms with Crippen LogP contribution in [0.5, 0.6) is 5.75 Å². The van der Waals surface area contributed by atoms with Crippen molar-refractivity contribution in [2.75, 3.05) is 19.4 Å². The maximum absolute atomic E-state index is 14.3. The molecular formula is C19H15F2N5O2. The number of nitrogens with zero attached hydrogens (tertiary/aromatic N) is 3. The molecule has 2 aromatic carbocycles. The van der Waals surface area contributed by atoms with Crippen LogP contribution in [0.15, 0.2) is 47.6 Å². The number of aliphatic imine (C=N–C) groups is 1. The van der Waals surface area contributed by atoms with Crippen LogP contribution in [0.1, 0.15) is 5.56 Å². The first-order valence-corrected chi connectivity index (χ1v) is 8.31. The second-order valence-electron chi connectivity index (χ2n) is 6.28. The van der Waals surface area contributed by atoms with E-state index in [1.165, 1.54) is 17.2 Å². The average Bonchev–Trinajstić information content (AvgIpc) is 3.05. The number of aromatic amines is 1. The van der Waals surface area contributed by atoms with E-state index in [1.54, 1.807) is 32.3 Å². The van der Waals surface area contributed by atoms with Crippen molar-refractivity contribution in [2.45, 2.75) is 0 Å². The van der Waals surface area contributed by atoms with Gasteiger partial charge in [0.1, 0.15) is 23.2 Å². The van der Waals surface area contributed by atoms with E-state index < -0.39 is 17.7 Å². The van der Waals surface area contributed by atoms with Gasteiger partial charge >= 0.3 is 6.09 Å². The van der Waals surface area contributed by atoms with Gasteiger partial charge in [-0.2, -0.15) is 5.10 Å². The molecule has 3 aromatic rings. The molecular weight excluding hydrogens is 368 g/mol. The average molecular weight is 383 g/mol. The fourth-order valence-corrected chi connectivity index (χ4v) is 2.77. The van der Waals surface area contributed by atoms with Crippen LogP contribution in [0.3, 0.4) is 0 Å². The Morgan fingerprint density at radius 1 is 1.14 bits per heavy atom. The summed E-state index contributed by atoms with van der Waals surface area (Å²) >= 11 is 0. The van der Waals surface area contributed by atoms with Crippen LogP contribution in [0.2, 0.25) is 0 Å². The normalized spacial score (nSPS) is 12.2. The molecule has 0 bridgehead atoms. The molecule has 0 atom stereocenters. The van der Waals surface area contributed by atoms with E-state index in [2.05, 4.69) is 20.5 Å². The van der Waals surface area contributed by atoms with Gasteiger partial charge in [0.2, 0.25) is 0 Å². The molecule has 0 radical (unpaired) electrons. The van der Waals surface area contributed by atoms with Gasteiger partial charge in [-0.15, -0.1) is 0 Å². The van der Waals surface area contributed by atoms with Gasteiger partial charge in [0.05, 0.1) is 28.8 Å². The van der Waals surface area contributed by atoms with Crippen molar-refractivity contribution in [1.82, 2.24) is 15.1 Å². The number of hydrogen-bond acceptors (Lipinski definition) is 5. The van der Waals surface area contributed by atoms with Gasteiger partial charge in [-0.25, -0.2) is 18.6 Å². The summed E-state index contributed by atoms with van der Waals surface area (Å²) in [4.78, 5) is 17.5. The second kappa shape index (κ2) is 6.76. The number of rotatable bonds is 2. The molecule has 2 N–H and O–H groups in total. The van der Waals surface area contributed by atoms with Crippen LogP contribution >= 0.6 is 0 Å². The number of H-pyrrole nitrogens is 1. The summed E-state index contributed by atoms with van der Waals surface area (Å²) in [5, 5.41) is 9.75. The van der Waals surface area contributed by atoms with Gasteiger partial charge in [-0.3, -0.25) is 5.10 Å². The zero-order valence-electron chi connectivity index (χ0n) is 15.0. The zero-order valence-corrected chi connectivity index (χ0v) is 15.0. The maximum Gasteiger partial charge on any atom is 0.414 e. The molecule has 4 rings (SSSR count). The number of anilines is 1. The topological polar surface area (TPSA) is 82.6 Å². The molecule has 0 aliphatic carbocycles. The molecule has 0 saturated carbocycles. The van der Waals surface area contributed by atoms with E-state index in [0.29, 0.717) is 28.4 Å². The summed E-state index contributed by atoms with van der Waals surface area (Å²) < 4.78 is 33.9. The molecule has 0 saturated heterocycles. The maximum atomic E-state index is 14.3. The molecule has 1 aliphatic rings. The Hall–Kier alpha value is -3.75. The van der Waals surface area contributed by atoms with Crippen LogP contribution < -0.4 is 10.1 Å². The summed E-state index contributed by atoms with van der Waals surface area (Å²) in [5.41, 5.74) is 1.75. The third-order valence-corrected chi connectivity index (χ3v) is 4.13. The fraction of sp³-hybridized carbons (Fsp3) is 0.105. The monoisotopic (exact) mass is 383 g/mol. The van der Waals surface area contributed by atoms with Gasteiger partial charge in [0, 0.05) is 19.7 Å². The van der Waals surface area contributed by atoms with Gasteiger partial charge in [-0.05, 0) is 30.3 Å². The SMILES string of the molecule is CN(C)C(=O)Oc1ccc2c(c1)-c1[nH]ncc1NC(c1c(F)cccc1F)=N2. The zero-order chi connectivity index (χ0) is 19.8. The highest BCUT2D eigenvalue weighted by atomic mass is 19.1. The second-order valence-corrected chi connectivity index (χ2v) is 6.28. The van der Waals surface area contributed by atoms with Crippen molar-refractivity contribution < 1.29 is 18.3 Å². The van der Waals surface area contributed by atoms with E-state index in [1.807, 2.05) is 0 Å². The van der Waals surface area contributed by atoms with Crippen LogP contribution in [0.4, 0.5) is 25.0 Å². The van der Waals surface area contributed by atoms with Gasteiger partial charge in [0.15, 0.2) is 0 Å². The smallest absolute Gasteiger partial charge is 0.410 e. The third-order valence-electron chi connectivity index (χ3n) is 4.13. The van der Waals surface area contributed by atoms with E-state index >= 15 is 0 Å². The first-order valence-electron chi connectivity index (χ1n) is 8.31. The van der Waals surface area contributed by atoms with Crippen molar-refractivity contribution in [3.63, 3.8) is 0 Å². The van der Waals surface area contributed by atoms with Crippen LogP contribution in [0.25, 0.3) is 11.3 Å². The third kappa shape index (κ3) is 3.07. The Balaban J connectivity index is 1.85. The summed E-state index contributed by atoms with van der Waals surface area (Å²) in [6, 6.07) is 8.38. The van der Waals surface area contributed by atoms with Crippen LogP contribution in [-0.2, 0) is 0 Å². The standard InChI is InChI=1S/C19H15F2N5O2/c1-26(2)19(27)28-10-6-7-14-11(8-10)17-15(9-22-25-17)24-18(23-14)16-12(20)4-3-5-13(16)21/h3-9H,1-2H3,(H,22,25)(H,23,24). The summed E-state index contributed by atoms with van der Waals surface area (Å²) in [6.45, 7) is 0. The number of hydrogen-bond donors (Lipinski definition) is 2. The predicted molar refractivity (Wildman–Crippen MR) is 99.9 cm³/mol. The lowest BCUT2D eigenvalue weighted by atomic mass is 10.1. The predicted octanol–water partition coefficient (Wildman–Crippen LogP) is 3.92. The molecule has 2 heterocycles. The Bertz CT molecular complexity index is 1090. The van der Waals surface area contributed by atoms with E-state index in [-0.39, 0.29) is 11.4 Å². The lowest BCUT2D eigenvalue weighted by Crippen LogP contribution is -2.25. The van der Waals surface area contributed by atoms with Gasteiger partial charge in [-0.1, -0.05) is 6.07 Å². The van der Waals surface area contributed by atoms with Crippen molar-refractivity contribution >= 4 is 23.3 Å². The summed E-state index contributed by atoms with van der Waals surface area (Å²) in [6.07, 6.45) is 0.950. The van der Waals surface area contributed by atoms with Crippen molar-refractivity contribution in [3.8, 4) is 17.0 Å². The minimum Gasteiger partial charge on any atom is -0.410 e. The molecule has 0 fully saturated rings. The van der Waals surface area contributed by atoms with Crippen molar-refractivity contribution in [1.29, 1.82) is 0 Å². The number of fused-ring (bicyclic) bond motifs is 3. The molecule has 0 unspecified atom stereocenters. The molecule has 1 aliphatic heterocycles. The minimum absolute atomic E-state index is 0.00929. The van der Waals surface area contributed by atoms with Crippen LogP contribution in [-0.4, -0.2) is 41.1 Å². The van der Waals surface area contributed by atoms with E-state index in [4.69, 9.17) is 4.74 Å². The lowest BCUT2D eigenvalue weighted by molar-refractivity contribution is 0.172. The number of amidine groups is 1. The number of ether oxygens (including phenoxy) is 1. The number of aromatic nitrogens is 2. The highest BCUT2D eigenvalue weighted by molar-refractivity contribution is 6.13. The van der Waals surface area contributed by atoms with Gasteiger partial charge < -0.3 is 15.0 Å². The number of halogens is 2.